The maximum absolute atomic E-state index is 13.1. The first-order valence-corrected chi connectivity index (χ1v) is 13.3. The standard InChI is InChI=1S/C25H29N3O9S/c1-16-4-6-20(13-23(16)38(31,32)28-8-10-33-11-9-28)26-25(30)18(3)37-24(29)14-36-27-17(2)19-5-7-21-22(12-19)35-15-34-21/h4-7,12-13,18H,8-11,14-15H2,1-3H3,(H,26,30)/b27-17-/t18-/m0/s1. The Morgan fingerprint density at radius 3 is 2.61 bits per heavy atom. The number of fused-ring (bicyclic) bond motifs is 1. The molecule has 12 nitrogen and oxygen atoms in total. The molecule has 4 rings (SSSR count). The highest BCUT2D eigenvalue weighted by molar-refractivity contribution is 7.89. The van der Waals surface area contributed by atoms with E-state index in [2.05, 4.69) is 10.5 Å². The van der Waals surface area contributed by atoms with Gasteiger partial charge in [-0.05, 0) is 56.7 Å². The molecule has 0 saturated carbocycles. The lowest BCUT2D eigenvalue weighted by Gasteiger charge is -2.27. The third-order valence-electron chi connectivity index (χ3n) is 5.90. The fourth-order valence-electron chi connectivity index (χ4n) is 3.77. The average molecular weight is 548 g/mol. The fraction of sp³-hybridized carbons (Fsp3) is 0.400. The third kappa shape index (κ3) is 6.41. The summed E-state index contributed by atoms with van der Waals surface area (Å²) in [6.45, 7) is 5.59. The number of oxime groups is 1. The number of hydrogen-bond acceptors (Lipinski definition) is 10. The fourth-order valence-corrected chi connectivity index (χ4v) is 5.43. The predicted octanol–water partition coefficient (Wildman–Crippen LogP) is 2.06. The van der Waals surface area contributed by atoms with Gasteiger partial charge in [0.1, 0.15) is 0 Å². The van der Waals surface area contributed by atoms with E-state index in [0.29, 0.717) is 36.0 Å². The smallest absolute Gasteiger partial charge is 0.347 e. The number of nitrogens with zero attached hydrogens (tertiary/aromatic N) is 2. The van der Waals surface area contributed by atoms with Crippen molar-refractivity contribution < 1.29 is 41.8 Å². The van der Waals surface area contributed by atoms with Gasteiger partial charge in [0.25, 0.3) is 5.91 Å². The highest BCUT2D eigenvalue weighted by Gasteiger charge is 2.28. The van der Waals surface area contributed by atoms with Crippen LogP contribution in [0.4, 0.5) is 5.69 Å². The van der Waals surface area contributed by atoms with E-state index >= 15 is 0 Å². The van der Waals surface area contributed by atoms with Gasteiger partial charge < -0.3 is 29.1 Å². The molecular weight excluding hydrogens is 518 g/mol. The second kappa shape index (κ2) is 11.8. The second-order valence-electron chi connectivity index (χ2n) is 8.64. The van der Waals surface area contributed by atoms with Crippen LogP contribution in [-0.4, -0.2) is 76.1 Å². The Hall–Kier alpha value is -3.68. The highest BCUT2D eigenvalue weighted by atomic mass is 32.2. The molecule has 13 heteroatoms. The molecule has 1 amide bonds. The molecule has 1 N–H and O–H groups in total. The van der Waals surface area contributed by atoms with Gasteiger partial charge in [0.15, 0.2) is 17.6 Å². The third-order valence-corrected chi connectivity index (χ3v) is 7.94. The molecule has 2 aromatic rings. The summed E-state index contributed by atoms with van der Waals surface area (Å²) in [4.78, 5) is 29.9. The van der Waals surface area contributed by atoms with Crippen molar-refractivity contribution in [2.45, 2.75) is 31.8 Å². The number of esters is 1. The van der Waals surface area contributed by atoms with E-state index in [0.717, 1.165) is 5.56 Å². The van der Waals surface area contributed by atoms with Crippen LogP contribution in [0.3, 0.4) is 0 Å². The second-order valence-corrected chi connectivity index (χ2v) is 10.5. The molecule has 204 valence electrons. The largest absolute Gasteiger partial charge is 0.454 e. The van der Waals surface area contributed by atoms with E-state index < -0.39 is 34.6 Å². The first kappa shape index (κ1) is 27.4. The zero-order valence-corrected chi connectivity index (χ0v) is 22.1. The minimum atomic E-state index is -3.76. The van der Waals surface area contributed by atoms with E-state index in [1.54, 1.807) is 44.2 Å². The summed E-state index contributed by atoms with van der Waals surface area (Å²) < 4.78 is 48.4. The summed E-state index contributed by atoms with van der Waals surface area (Å²) in [5.74, 6) is -0.194. The number of rotatable bonds is 9. The zero-order valence-electron chi connectivity index (χ0n) is 21.3. The van der Waals surface area contributed by atoms with Crippen LogP contribution in [0.15, 0.2) is 46.4 Å². The number of ether oxygens (including phenoxy) is 4. The molecule has 0 aromatic heterocycles. The van der Waals surface area contributed by atoms with Crippen molar-refractivity contribution in [3.63, 3.8) is 0 Å². The lowest BCUT2D eigenvalue weighted by Crippen LogP contribution is -2.40. The van der Waals surface area contributed by atoms with E-state index in [1.807, 2.05) is 0 Å². The average Bonchev–Trinajstić information content (AvgIpc) is 3.38. The van der Waals surface area contributed by atoms with E-state index in [4.69, 9.17) is 23.8 Å². The van der Waals surface area contributed by atoms with Crippen LogP contribution >= 0.6 is 0 Å². The summed E-state index contributed by atoms with van der Waals surface area (Å²) in [7, 11) is -3.76. The Labute approximate surface area is 220 Å². The van der Waals surface area contributed by atoms with Crippen LogP contribution in [0.2, 0.25) is 0 Å². The van der Waals surface area contributed by atoms with Crippen LogP contribution in [-0.2, 0) is 33.9 Å². The molecule has 2 aliphatic heterocycles. The van der Waals surface area contributed by atoms with Crippen molar-refractivity contribution in [1.29, 1.82) is 0 Å². The Balaban J connectivity index is 1.30. The summed E-state index contributed by atoms with van der Waals surface area (Å²) in [5, 5.41) is 6.50. The van der Waals surface area contributed by atoms with E-state index in [9.17, 15) is 18.0 Å². The van der Waals surface area contributed by atoms with Gasteiger partial charge in [-0.2, -0.15) is 4.31 Å². The SMILES string of the molecule is C/C(=N/OCC(=O)O[C@@H](C)C(=O)Nc1ccc(C)c(S(=O)(=O)N2CCOCC2)c1)c1ccc2c(c1)OCO2. The summed E-state index contributed by atoms with van der Waals surface area (Å²) >= 11 is 0. The van der Waals surface area contributed by atoms with Gasteiger partial charge in [-0.3, -0.25) is 4.79 Å². The Morgan fingerprint density at radius 1 is 1.11 bits per heavy atom. The van der Waals surface area contributed by atoms with Crippen LogP contribution in [0.5, 0.6) is 11.5 Å². The molecule has 1 fully saturated rings. The molecule has 1 atom stereocenters. The van der Waals surface area contributed by atoms with Crippen molar-refractivity contribution in [3.8, 4) is 11.5 Å². The van der Waals surface area contributed by atoms with Gasteiger partial charge in [-0.25, -0.2) is 13.2 Å². The monoisotopic (exact) mass is 547 g/mol. The molecular formula is C25H29N3O9S. The van der Waals surface area contributed by atoms with E-state index in [-0.39, 0.29) is 30.5 Å². The van der Waals surface area contributed by atoms with Gasteiger partial charge in [0, 0.05) is 24.3 Å². The first-order chi connectivity index (χ1) is 18.1. The Bertz CT molecular complexity index is 1340. The number of morpholine rings is 1. The molecule has 38 heavy (non-hydrogen) atoms. The lowest BCUT2D eigenvalue weighted by atomic mass is 10.1. The molecule has 0 radical (unpaired) electrons. The summed E-state index contributed by atoms with van der Waals surface area (Å²) in [6.07, 6.45) is -1.16. The maximum atomic E-state index is 13.1. The number of sulfonamides is 1. The van der Waals surface area contributed by atoms with Crippen LogP contribution < -0.4 is 14.8 Å². The van der Waals surface area contributed by atoms with Crippen LogP contribution in [0.25, 0.3) is 0 Å². The number of anilines is 1. The molecule has 0 aliphatic carbocycles. The lowest BCUT2D eigenvalue weighted by molar-refractivity contribution is -0.157. The van der Waals surface area contributed by atoms with E-state index in [1.165, 1.54) is 17.3 Å². The minimum absolute atomic E-state index is 0.0888. The van der Waals surface area contributed by atoms with Gasteiger partial charge in [-0.1, -0.05) is 11.2 Å². The normalized spacial score (nSPS) is 16.6. The molecule has 2 aliphatic rings. The van der Waals surface area contributed by atoms with Crippen LogP contribution in [0.1, 0.15) is 25.0 Å². The van der Waals surface area contributed by atoms with Crippen molar-refractivity contribution >= 4 is 33.3 Å². The summed E-state index contributed by atoms with van der Waals surface area (Å²) in [6, 6.07) is 9.86. The molecule has 0 bridgehead atoms. The predicted molar refractivity (Wildman–Crippen MR) is 136 cm³/mol. The number of carbonyl (C=O) groups is 2. The van der Waals surface area contributed by atoms with Crippen molar-refractivity contribution in [3.05, 3.63) is 47.5 Å². The van der Waals surface area contributed by atoms with Gasteiger partial charge >= 0.3 is 5.97 Å². The van der Waals surface area contributed by atoms with Crippen molar-refractivity contribution in [2.75, 3.05) is 45.0 Å². The topological polar surface area (TPSA) is 142 Å². The Morgan fingerprint density at radius 2 is 1.84 bits per heavy atom. The van der Waals surface area contributed by atoms with Gasteiger partial charge in [0.05, 0.1) is 23.8 Å². The Kier molecular flexibility index (Phi) is 8.49. The molecule has 0 spiro atoms. The zero-order chi connectivity index (χ0) is 27.3. The maximum Gasteiger partial charge on any atom is 0.347 e. The van der Waals surface area contributed by atoms with Crippen molar-refractivity contribution in [1.82, 2.24) is 4.31 Å². The highest BCUT2D eigenvalue weighted by Crippen LogP contribution is 2.32. The minimum Gasteiger partial charge on any atom is -0.454 e. The first-order valence-electron chi connectivity index (χ1n) is 11.9. The molecule has 1 saturated heterocycles. The molecule has 2 heterocycles. The number of benzene rings is 2. The number of carbonyl (C=O) groups excluding carboxylic acids is 2. The number of hydrogen-bond donors (Lipinski definition) is 1. The number of amides is 1. The quantitative estimate of drug-likeness (QED) is 0.284. The summed E-state index contributed by atoms with van der Waals surface area (Å²) in [5.41, 5.74) is 2.03. The number of aryl methyl sites for hydroxylation is 1. The van der Waals surface area contributed by atoms with Gasteiger partial charge in [0.2, 0.25) is 23.4 Å². The number of nitrogens with one attached hydrogen (secondary N) is 1. The van der Waals surface area contributed by atoms with Crippen molar-refractivity contribution in [2.24, 2.45) is 5.16 Å². The molecule has 0 unspecified atom stereocenters. The van der Waals surface area contributed by atoms with Gasteiger partial charge in [-0.15, -0.1) is 0 Å². The van der Waals surface area contributed by atoms with Crippen LogP contribution in [0, 0.1) is 6.92 Å². The molecule has 2 aromatic carbocycles.